The summed E-state index contributed by atoms with van der Waals surface area (Å²) in [4.78, 5) is 38.6. The van der Waals surface area contributed by atoms with E-state index in [9.17, 15) is 9.59 Å². The second kappa shape index (κ2) is 10.6. The van der Waals surface area contributed by atoms with Gasteiger partial charge in [0.2, 0.25) is 0 Å². The van der Waals surface area contributed by atoms with Crippen LogP contribution in [0.15, 0.2) is 58.3 Å². The predicted molar refractivity (Wildman–Crippen MR) is 138 cm³/mol. The second-order valence-electron chi connectivity index (χ2n) is 8.92. The Labute approximate surface area is 218 Å². The number of amides is 2. The fourth-order valence-electron chi connectivity index (χ4n) is 4.20. The van der Waals surface area contributed by atoms with Gasteiger partial charge in [-0.05, 0) is 51.1 Å². The Hall–Kier alpha value is -3.99. The highest BCUT2D eigenvalue weighted by molar-refractivity contribution is 7.98. The summed E-state index contributed by atoms with van der Waals surface area (Å²) >= 11 is 1.44. The molecule has 37 heavy (non-hydrogen) atoms. The topological polar surface area (TPSA) is 110 Å². The van der Waals surface area contributed by atoms with E-state index in [1.165, 1.54) is 18.0 Å². The minimum absolute atomic E-state index is 0.173. The van der Waals surface area contributed by atoms with E-state index in [2.05, 4.69) is 20.3 Å². The van der Waals surface area contributed by atoms with E-state index in [-0.39, 0.29) is 11.8 Å². The van der Waals surface area contributed by atoms with Gasteiger partial charge in [-0.2, -0.15) is 0 Å². The molecule has 0 saturated carbocycles. The molecular formula is C26H27N7O3S. The number of carbonyl (C=O) groups is 2. The molecule has 0 N–H and O–H groups in total. The molecule has 3 aromatic heterocycles. The van der Waals surface area contributed by atoms with Crippen LogP contribution in [0.25, 0.3) is 5.69 Å². The van der Waals surface area contributed by atoms with Gasteiger partial charge in [-0.1, -0.05) is 34.7 Å². The van der Waals surface area contributed by atoms with Gasteiger partial charge in [-0.25, -0.2) is 14.6 Å². The van der Waals surface area contributed by atoms with Gasteiger partial charge in [-0.15, -0.1) is 5.10 Å². The van der Waals surface area contributed by atoms with Crippen molar-refractivity contribution in [2.75, 3.05) is 26.2 Å². The van der Waals surface area contributed by atoms with E-state index >= 15 is 0 Å². The number of piperazine rings is 1. The third kappa shape index (κ3) is 5.41. The number of hydrogen-bond donors (Lipinski definition) is 0. The zero-order valence-corrected chi connectivity index (χ0v) is 21.7. The number of hydrogen-bond acceptors (Lipinski definition) is 8. The largest absolute Gasteiger partial charge is 0.459 e. The lowest BCUT2D eigenvalue weighted by Crippen LogP contribution is -2.50. The smallest absolute Gasteiger partial charge is 0.289 e. The maximum Gasteiger partial charge on any atom is 0.289 e. The number of furan rings is 1. The monoisotopic (exact) mass is 517 g/mol. The Morgan fingerprint density at radius 2 is 1.57 bits per heavy atom. The summed E-state index contributed by atoms with van der Waals surface area (Å²) < 4.78 is 6.94. The normalized spacial score (nSPS) is 13.7. The second-order valence-corrected chi connectivity index (χ2v) is 9.86. The van der Waals surface area contributed by atoms with Gasteiger partial charge < -0.3 is 14.2 Å². The minimum Gasteiger partial charge on any atom is -0.459 e. The van der Waals surface area contributed by atoms with Crippen molar-refractivity contribution in [2.45, 2.75) is 31.7 Å². The molecule has 1 aromatic carbocycles. The van der Waals surface area contributed by atoms with Crippen LogP contribution in [0.3, 0.4) is 0 Å². The molecule has 11 heteroatoms. The fraction of sp³-hybridized carbons (Fsp3) is 0.308. The molecule has 0 aliphatic carbocycles. The summed E-state index contributed by atoms with van der Waals surface area (Å²) in [5.74, 6) is 0.337. The van der Waals surface area contributed by atoms with Gasteiger partial charge in [0.1, 0.15) is 0 Å². The number of rotatable bonds is 6. The lowest BCUT2D eigenvalue weighted by Gasteiger charge is -2.34. The third-order valence-corrected chi connectivity index (χ3v) is 6.99. The van der Waals surface area contributed by atoms with Crippen molar-refractivity contribution in [3.05, 3.63) is 82.8 Å². The number of nitrogens with zero attached hydrogens (tertiary/aromatic N) is 7. The summed E-state index contributed by atoms with van der Waals surface area (Å²) in [5, 5.41) is 9.29. The number of benzene rings is 1. The molecule has 4 aromatic rings. The van der Waals surface area contributed by atoms with Gasteiger partial charge in [0.25, 0.3) is 11.8 Å². The van der Waals surface area contributed by atoms with Crippen LogP contribution in [0.2, 0.25) is 0 Å². The summed E-state index contributed by atoms with van der Waals surface area (Å²) in [5.41, 5.74) is 4.69. The Bertz CT molecular complexity index is 1390. The van der Waals surface area contributed by atoms with Crippen LogP contribution in [-0.2, 0) is 5.75 Å². The zero-order valence-electron chi connectivity index (χ0n) is 20.9. The quantitative estimate of drug-likeness (QED) is 0.282. The van der Waals surface area contributed by atoms with Crippen LogP contribution in [0.5, 0.6) is 0 Å². The minimum atomic E-state index is -0.208. The van der Waals surface area contributed by atoms with Gasteiger partial charge in [0.05, 0.1) is 17.6 Å². The first-order valence-electron chi connectivity index (χ1n) is 12.0. The van der Waals surface area contributed by atoms with Crippen molar-refractivity contribution in [1.29, 1.82) is 0 Å². The Morgan fingerprint density at radius 3 is 2.19 bits per heavy atom. The molecule has 0 spiro atoms. The van der Waals surface area contributed by atoms with E-state index in [1.807, 2.05) is 51.1 Å². The van der Waals surface area contributed by atoms with Gasteiger partial charge >= 0.3 is 0 Å². The van der Waals surface area contributed by atoms with Crippen molar-refractivity contribution >= 4 is 23.6 Å². The highest BCUT2D eigenvalue weighted by Crippen LogP contribution is 2.25. The first-order chi connectivity index (χ1) is 17.9. The Kier molecular flexibility index (Phi) is 7.04. The number of aromatic nitrogens is 5. The van der Waals surface area contributed by atoms with Gasteiger partial charge in [0, 0.05) is 43.3 Å². The summed E-state index contributed by atoms with van der Waals surface area (Å²) in [6.07, 6.45) is 1.48. The maximum absolute atomic E-state index is 13.6. The van der Waals surface area contributed by atoms with E-state index in [4.69, 9.17) is 4.42 Å². The standard InChI is InChI=1S/C26H27N7O3S/c1-17-6-8-20(9-7-17)33-21(16-37-26-27-18(2)15-19(3)28-26)23(29-30-33)25(35)32-12-10-31(11-13-32)24(34)22-5-4-14-36-22/h4-9,14-15H,10-13,16H2,1-3H3. The fourth-order valence-corrected chi connectivity index (χ4v) is 5.14. The Balaban J connectivity index is 1.37. The van der Waals surface area contributed by atoms with Crippen LogP contribution in [0.1, 0.15) is 43.7 Å². The molecule has 1 fully saturated rings. The van der Waals surface area contributed by atoms with Gasteiger partial charge in [-0.3, -0.25) is 9.59 Å². The molecule has 0 atom stereocenters. The first kappa shape index (κ1) is 24.7. The van der Waals surface area contributed by atoms with Crippen molar-refractivity contribution in [3.63, 3.8) is 0 Å². The lowest BCUT2D eigenvalue weighted by atomic mass is 10.2. The lowest BCUT2D eigenvalue weighted by molar-refractivity contribution is 0.0514. The zero-order chi connectivity index (χ0) is 25.9. The number of carbonyl (C=O) groups excluding carboxylic acids is 2. The van der Waals surface area contributed by atoms with E-state index in [0.717, 1.165) is 22.6 Å². The van der Waals surface area contributed by atoms with Crippen LogP contribution in [0.4, 0.5) is 0 Å². The van der Waals surface area contributed by atoms with Crippen LogP contribution >= 0.6 is 11.8 Å². The molecule has 0 radical (unpaired) electrons. The average Bonchev–Trinajstić information content (AvgIpc) is 3.57. The molecule has 1 saturated heterocycles. The molecule has 1 aliphatic rings. The molecule has 2 amide bonds. The van der Waals surface area contributed by atoms with E-state index < -0.39 is 0 Å². The molecular weight excluding hydrogens is 490 g/mol. The molecule has 4 heterocycles. The van der Waals surface area contributed by atoms with Crippen molar-refractivity contribution in [2.24, 2.45) is 0 Å². The van der Waals surface area contributed by atoms with E-state index in [0.29, 0.717) is 54.2 Å². The van der Waals surface area contributed by atoms with Gasteiger partial charge in [0.15, 0.2) is 16.6 Å². The third-order valence-electron chi connectivity index (χ3n) is 6.13. The van der Waals surface area contributed by atoms with E-state index in [1.54, 1.807) is 26.6 Å². The highest BCUT2D eigenvalue weighted by atomic mass is 32.2. The summed E-state index contributed by atoms with van der Waals surface area (Å²) in [6, 6.07) is 13.2. The highest BCUT2D eigenvalue weighted by Gasteiger charge is 2.30. The van der Waals surface area contributed by atoms with Crippen LogP contribution < -0.4 is 0 Å². The summed E-state index contributed by atoms with van der Waals surface area (Å²) in [6.45, 7) is 7.51. The summed E-state index contributed by atoms with van der Waals surface area (Å²) in [7, 11) is 0. The molecule has 1 aliphatic heterocycles. The van der Waals surface area contributed by atoms with Crippen LogP contribution in [-0.4, -0.2) is 72.8 Å². The molecule has 0 bridgehead atoms. The average molecular weight is 518 g/mol. The Morgan fingerprint density at radius 1 is 0.919 bits per heavy atom. The number of thioether (sulfide) groups is 1. The number of aryl methyl sites for hydroxylation is 3. The van der Waals surface area contributed by atoms with Crippen molar-refractivity contribution in [1.82, 2.24) is 34.8 Å². The molecule has 190 valence electrons. The molecule has 10 nitrogen and oxygen atoms in total. The maximum atomic E-state index is 13.6. The predicted octanol–water partition coefficient (Wildman–Crippen LogP) is 3.47. The molecule has 0 unspecified atom stereocenters. The SMILES string of the molecule is Cc1ccc(-n2nnc(C(=O)N3CCN(C(=O)c4ccco4)CC3)c2CSc2nc(C)cc(C)n2)cc1. The first-order valence-corrected chi connectivity index (χ1v) is 13.0. The van der Waals surface area contributed by atoms with Crippen molar-refractivity contribution < 1.29 is 14.0 Å². The van der Waals surface area contributed by atoms with Crippen molar-refractivity contribution in [3.8, 4) is 5.69 Å². The molecule has 5 rings (SSSR count). The van der Waals surface area contributed by atoms with Crippen LogP contribution in [0, 0.1) is 20.8 Å².